The molecule has 0 spiro atoms. The monoisotopic (exact) mass is 439 g/mol. The van der Waals surface area contributed by atoms with E-state index in [-0.39, 0.29) is 34.3 Å². The summed E-state index contributed by atoms with van der Waals surface area (Å²) in [6.07, 6.45) is 0. The molecule has 0 atom stereocenters. The van der Waals surface area contributed by atoms with Gasteiger partial charge in [-0.25, -0.2) is 8.42 Å². The normalized spacial score (nSPS) is 12.1. The van der Waals surface area contributed by atoms with E-state index in [9.17, 15) is 8.42 Å². The second kappa shape index (κ2) is 8.21. The predicted molar refractivity (Wildman–Crippen MR) is 109 cm³/mol. The maximum atomic E-state index is 13.2. The van der Waals surface area contributed by atoms with E-state index in [0.29, 0.717) is 10.6 Å². The molecule has 0 aliphatic rings. The highest BCUT2D eigenvalue weighted by Crippen LogP contribution is 2.30. The SMILES string of the molecule is Cc1ccc(S(=O)(=O)N(Cc2nnc(-c3ccccc3Cl)o2)C(C)C)c(Cl)c1. The van der Waals surface area contributed by atoms with Gasteiger partial charge >= 0.3 is 0 Å². The van der Waals surface area contributed by atoms with E-state index < -0.39 is 10.0 Å². The van der Waals surface area contributed by atoms with Gasteiger partial charge in [-0.15, -0.1) is 10.2 Å². The van der Waals surface area contributed by atoms with Gasteiger partial charge in [-0.05, 0) is 50.6 Å². The topological polar surface area (TPSA) is 76.3 Å². The summed E-state index contributed by atoms with van der Waals surface area (Å²) in [5.74, 6) is 0.394. The van der Waals surface area contributed by atoms with E-state index in [1.54, 1.807) is 50.2 Å². The van der Waals surface area contributed by atoms with Crippen LogP contribution in [0, 0.1) is 6.92 Å². The first-order chi connectivity index (χ1) is 13.2. The number of nitrogens with zero attached hydrogens (tertiary/aromatic N) is 3. The minimum Gasteiger partial charge on any atom is -0.419 e. The molecule has 1 heterocycles. The Bertz CT molecular complexity index is 1100. The fourth-order valence-corrected chi connectivity index (χ4v) is 5.06. The fraction of sp³-hybridized carbons (Fsp3) is 0.263. The zero-order valence-corrected chi connectivity index (χ0v) is 17.9. The zero-order valence-electron chi connectivity index (χ0n) is 15.6. The minimum absolute atomic E-state index is 0.0410. The molecule has 0 N–H and O–H groups in total. The van der Waals surface area contributed by atoms with Gasteiger partial charge in [-0.1, -0.05) is 41.4 Å². The van der Waals surface area contributed by atoms with Crippen LogP contribution in [0.2, 0.25) is 10.0 Å². The second-order valence-electron chi connectivity index (χ2n) is 6.56. The molecule has 0 amide bonds. The Morgan fingerprint density at radius 1 is 1.07 bits per heavy atom. The van der Waals surface area contributed by atoms with Crippen LogP contribution in [0.3, 0.4) is 0 Å². The molecule has 3 rings (SSSR count). The van der Waals surface area contributed by atoms with E-state index >= 15 is 0 Å². The number of benzene rings is 2. The van der Waals surface area contributed by atoms with Crippen LogP contribution in [0.4, 0.5) is 0 Å². The van der Waals surface area contributed by atoms with Gasteiger partial charge in [0.25, 0.3) is 0 Å². The lowest BCUT2D eigenvalue weighted by molar-refractivity contribution is 0.313. The summed E-state index contributed by atoms with van der Waals surface area (Å²) in [6.45, 7) is 5.30. The summed E-state index contributed by atoms with van der Waals surface area (Å²) in [4.78, 5) is 0.0410. The molecule has 0 unspecified atom stereocenters. The summed E-state index contributed by atoms with van der Waals surface area (Å²) in [5, 5.41) is 8.62. The third-order valence-electron chi connectivity index (χ3n) is 4.11. The third-order valence-corrected chi connectivity index (χ3v) is 6.95. The maximum absolute atomic E-state index is 13.2. The van der Waals surface area contributed by atoms with Crippen LogP contribution in [0.25, 0.3) is 11.5 Å². The van der Waals surface area contributed by atoms with Crippen molar-refractivity contribution in [2.24, 2.45) is 0 Å². The van der Waals surface area contributed by atoms with Gasteiger partial charge in [0.15, 0.2) is 0 Å². The molecular formula is C19H19Cl2N3O3S. The summed E-state index contributed by atoms with van der Waals surface area (Å²) in [7, 11) is -3.86. The Hall–Kier alpha value is -1.93. The van der Waals surface area contributed by atoms with Crippen LogP contribution >= 0.6 is 23.2 Å². The van der Waals surface area contributed by atoms with Gasteiger partial charge in [0.1, 0.15) is 4.90 Å². The zero-order chi connectivity index (χ0) is 20.5. The number of hydrogen-bond acceptors (Lipinski definition) is 5. The summed E-state index contributed by atoms with van der Waals surface area (Å²) in [6, 6.07) is 11.5. The van der Waals surface area contributed by atoms with E-state index in [4.69, 9.17) is 27.6 Å². The molecule has 1 aromatic heterocycles. The standard InChI is InChI=1S/C19H19Cl2N3O3S/c1-12(2)24(28(25,26)17-9-8-13(3)10-16(17)21)11-18-22-23-19(27-18)14-6-4-5-7-15(14)20/h4-10,12H,11H2,1-3H3. The fourth-order valence-electron chi connectivity index (χ4n) is 2.68. The minimum atomic E-state index is -3.86. The lowest BCUT2D eigenvalue weighted by atomic mass is 10.2. The molecule has 28 heavy (non-hydrogen) atoms. The maximum Gasteiger partial charge on any atom is 0.249 e. The molecule has 0 saturated carbocycles. The van der Waals surface area contributed by atoms with Crippen LogP contribution in [0.1, 0.15) is 25.3 Å². The Kier molecular flexibility index (Phi) is 6.09. The highest BCUT2D eigenvalue weighted by molar-refractivity contribution is 7.89. The van der Waals surface area contributed by atoms with Gasteiger partial charge < -0.3 is 4.42 Å². The largest absolute Gasteiger partial charge is 0.419 e. The van der Waals surface area contributed by atoms with Crippen molar-refractivity contribution in [1.82, 2.24) is 14.5 Å². The van der Waals surface area contributed by atoms with E-state index in [1.165, 1.54) is 10.4 Å². The quantitative estimate of drug-likeness (QED) is 0.542. The Labute approximate surface area is 174 Å². The van der Waals surface area contributed by atoms with Crippen molar-refractivity contribution in [2.75, 3.05) is 0 Å². The van der Waals surface area contributed by atoms with Crippen molar-refractivity contribution in [1.29, 1.82) is 0 Å². The molecule has 0 aliphatic heterocycles. The van der Waals surface area contributed by atoms with Crippen LogP contribution < -0.4 is 0 Å². The van der Waals surface area contributed by atoms with E-state index in [0.717, 1.165) is 5.56 Å². The lowest BCUT2D eigenvalue weighted by Gasteiger charge is -2.25. The number of sulfonamides is 1. The Balaban J connectivity index is 1.93. The summed E-state index contributed by atoms with van der Waals surface area (Å²) >= 11 is 12.4. The molecule has 0 bridgehead atoms. The van der Waals surface area contributed by atoms with Crippen molar-refractivity contribution in [2.45, 2.75) is 38.3 Å². The average molecular weight is 440 g/mol. The highest BCUT2D eigenvalue weighted by atomic mass is 35.5. The molecule has 3 aromatic rings. The number of rotatable bonds is 6. The van der Waals surface area contributed by atoms with Gasteiger partial charge in [0.2, 0.25) is 21.8 Å². The van der Waals surface area contributed by atoms with Gasteiger partial charge in [-0.3, -0.25) is 0 Å². The van der Waals surface area contributed by atoms with Crippen LogP contribution in [0.15, 0.2) is 51.8 Å². The molecule has 2 aromatic carbocycles. The average Bonchev–Trinajstić information content (AvgIpc) is 3.08. The van der Waals surface area contributed by atoms with Gasteiger partial charge in [0, 0.05) is 6.04 Å². The number of halogens is 2. The molecule has 0 saturated heterocycles. The van der Waals surface area contributed by atoms with Crippen LogP contribution in [-0.4, -0.2) is 29.0 Å². The smallest absolute Gasteiger partial charge is 0.249 e. The third kappa shape index (κ3) is 4.22. The number of aromatic nitrogens is 2. The van der Waals surface area contributed by atoms with Gasteiger partial charge in [0.05, 0.1) is 22.2 Å². The Morgan fingerprint density at radius 2 is 1.79 bits per heavy atom. The number of hydrogen-bond donors (Lipinski definition) is 0. The van der Waals surface area contributed by atoms with Gasteiger partial charge in [-0.2, -0.15) is 4.31 Å². The molecule has 148 valence electrons. The van der Waals surface area contributed by atoms with Crippen molar-refractivity contribution in [3.63, 3.8) is 0 Å². The lowest BCUT2D eigenvalue weighted by Crippen LogP contribution is -2.36. The van der Waals surface area contributed by atoms with Crippen molar-refractivity contribution in [3.05, 3.63) is 64.0 Å². The highest BCUT2D eigenvalue weighted by Gasteiger charge is 2.31. The molecule has 9 heteroatoms. The summed E-state index contributed by atoms with van der Waals surface area (Å²) < 4.78 is 33.3. The van der Waals surface area contributed by atoms with Crippen molar-refractivity contribution in [3.8, 4) is 11.5 Å². The van der Waals surface area contributed by atoms with Crippen LogP contribution in [-0.2, 0) is 16.6 Å². The number of aryl methyl sites for hydroxylation is 1. The second-order valence-corrected chi connectivity index (χ2v) is 9.23. The molecule has 6 nitrogen and oxygen atoms in total. The first-order valence-electron chi connectivity index (χ1n) is 8.55. The molecule has 0 aliphatic carbocycles. The van der Waals surface area contributed by atoms with Crippen LogP contribution in [0.5, 0.6) is 0 Å². The first kappa shape index (κ1) is 20.8. The molecular weight excluding hydrogens is 421 g/mol. The molecule has 0 radical (unpaired) electrons. The predicted octanol–water partition coefficient (Wildman–Crippen LogP) is 4.95. The van der Waals surface area contributed by atoms with E-state index in [2.05, 4.69) is 10.2 Å². The van der Waals surface area contributed by atoms with Crippen molar-refractivity contribution < 1.29 is 12.8 Å². The Morgan fingerprint density at radius 3 is 2.43 bits per heavy atom. The van der Waals surface area contributed by atoms with E-state index in [1.807, 2.05) is 6.92 Å². The summed E-state index contributed by atoms with van der Waals surface area (Å²) in [5.41, 5.74) is 1.46. The first-order valence-corrected chi connectivity index (χ1v) is 10.7. The molecule has 0 fully saturated rings. The van der Waals surface area contributed by atoms with Crippen molar-refractivity contribution >= 4 is 33.2 Å².